The Morgan fingerprint density at radius 2 is 1.97 bits per heavy atom. The number of aromatic amines is 1. The summed E-state index contributed by atoms with van der Waals surface area (Å²) in [6.07, 6.45) is 0.0691. The minimum Gasteiger partial charge on any atom is -0.485 e. The number of hydrogen-bond acceptors (Lipinski definition) is 5. The van der Waals surface area contributed by atoms with Crippen LogP contribution in [0.25, 0.3) is 0 Å². The Morgan fingerprint density at radius 1 is 1.17 bits per heavy atom. The number of pyridine rings is 2. The van der Waals surface area contributed by atoms with E-state index in [4.69, 9.17) is 4.74 Å². The monoisotopic (exact) mass is 489 g/mol. The van der Waals surface area contributed by atoms with Crippen molar-refractivity contribution in [3.05, 3.63) is 87.9 Å². The standard InChI is InChI=1S/C24H19F4N3O4/c25-16-11-15(5-6-17(16)35-24(26,27)28)23(31-21(33)14-4-7-19(32)30-12-14)13-22(8-2-9-22)34-18-3-1-10-29-20(18)23/h1,3-7,10-12H,2,8-9,13H2,(H,30,32)(H,31,33). The lowest BCUT2D eigenvalue weighted by Gasteiger charge is -2.52. The summed E-state index contributed by atoms with van der Waals surface area (Å²) in [6, 6.07) is 8.91. The number of ether oxygens (including phenoxy) is 2. The molecule has 1 spiro atoms. The fraction of sp³-hybridized carbons (Fsp3) is 0.292. The van der Waals surface area contributed by atoms with E-state index in [0.717, 1.165) is 18.6 Å². The van der Waals surface area contributed by atoms with Crippen LogP contribution in [0.1, 0.15) is 47.3 Å². The summed E-state index contributed by atoms with van der Waals surface area (Å²) in [5.74, 6) is -2.44. The third-order valence-electron chi connectivity index (χ3n) is 6.38. The second-order valence-electron chi connectivity index (χ2n) is 8.66. The molecule has 1 fully saturated rings. The number of rotatable bonds is 4. The smallest absolute Gasteiger partial charge is 0.485 e. The quantitative estimate of drug-likeness (QED) is 0.537. The molecule has 11 heteroatoms. The van der Waals surface area contributed by atoms with Crippen LogP contribution < -0.4 is 20.3 Å². The maximum Gasteiger partial charge on any atom is 0.573 e. The summed E-state index contributed by atoms with van der Waals surface area (Å²) in [5.41, 5.74) is -1.89. The van der Waals surface area contributed by atoms with Gasteiger partial charge in [0.15, 0.2) is 11.6 Å². The molecular weight excluding hydrogens is 470 g/mol. The van der Waals surface area contributed by atoms with E-state index in [-0.39, 0.29) is 17.5 Å². The first-order valence-corrected chi connectivity index (χ1v) is 10.8. The Labute approximate surface area is 196 Å². The van der Waals surface area contributed by atoms with Crippen LogP contribution in [0, 0.1) is 5.82 Å². The number of alkyl halides is 3. The van der Waals surface area contributed by atoms with Crippen molar-refractivity contribution < 1.29 is 31.8 Å². The van der Waals surface area contributed by atoms with Gasteiger partial charge >= 0.3 is 6.36 Å². The van der Waals surface area contributed by atoms with Gasteiger partial charge in [0, 0.05) is 24.9 Å². The Bertz CT molecular complexity index is 1330. The largest absolute Gasteiger partial charge is 0.573 e. The van der Waals surface area contributed by atoms with Gasteiger partial charge in [0.05, 0.1) is 5.56 Å². The molecule has 1 aromatic carbocycles. The van der Waals surface area contributed by atoms with E-state index in [0.29, 0.717) is 24.3 Å². The predicted molar refractivity (Wildman–Crippen MR) is 114 cm³/mol. The first-order valence-electron chi connectivity index (χ1n) is 10.8. The Kier molecular flexibility index (Phi) is 5.30. The number of carbonyl (C=O) groups excluding carboxylic acids is 1. The second-order valence-corrected chi connectivity index (χ2v) is 8.66. The summed E-state index contributed by atoms with van der Waals surface area (Å²) < 4.78 is 62.9. The van der Waals surface area contributed by atoms with Crippen LogP contribution in [-0.4, -0.2) is 27.8 Å². The Morgan fingerprint density at radius 3 is 2.60 bits per heavy atom. The van der Waals surface area contributed by atoms with Gasteiger partial charge in [-0.1, -0.05) is 6.07 Å². The molecule has 35 heavy (non-hydrogen) atoms. The lowest BCUT2D eigenvalue weighted by Crippen LogP contribution is -2.59. The van der Waals surface area contributed by atoms with E-state index < -0.39 is 40.5 Å². The van der Waals surface area contributed by atoms with E-state index >= 15 is 0 Å². The normalized spacial score (nSPS) is 20.3. The molecule has 1 saturated carbocycles. The van der Waals surface area contributed by atoms with E-state index in [2.05, 4.69) is 20.0 Å². The van der Waals surface area contributed by atoms with E-state index in [1.807, 2.05) is 0 Å². The zero-order valence-corrected chi connectivity index (χ0v) is 18.1. The van der Waals surface area contributed by atoms with Gasteiger partial charge < -0.3 is 19.8 Å². The molecule has 1 unspecified atom stereocenters. The highest BCUT2D eigenvalue weighted by atomic mass is 19.4. The van der Waals surface area contributed by atoms with Gasteiger partial charge in [-0.15, -0.1) is 13.2 Å². The first-order chi connectivity index (χ1) is 16.6. The van der Waals surface area contributed by atoms with Crippen LogP contribution >= 0.6 is 0 Å². The summed E-state index contributed by atoms with van der Waals surface area (Å²) in [6.45, 7) is 0. The van der Waals surface area contributed by atoms with Crippen molar-refractivity contribution in [1.29, 1.82) is 0 Å². The van der Waals surface area contributed by atoms with E-state index in [1.165, 1.54) is 30.6 Å². The van der Waals surface area contributed by atoms with Gasteiger partial charge in [0.2, 0.25) is 5.56 Å². The van der Waals surface area contributed by atoms with Gasteiger partial charge in [-0.3, -0.25) is 14.6 Å². The van der Waals surface area contributed by atoms with Crippen LogP contribution in [0.15, 0.2) is 59.7 Å². The third kappa shape index (κ3) is 4.22. The number of nitrogens with one attached hydrogen (secondary N) is 2. The van der Waals surface area contributed by atoms with E-state index in [9.17, 15) is 27.2 Å². The van der Waals surface area contributed by atoms with Crippen molar-refractivity contribution in [3.63, 3.8) is 0 Å². The van der Waals surface area contributed by atoms with Gasteiger partial charge in [0.25, 0.3) is 5.91 Å². The van der Waals surface area contributed by atoms with Gasteiger partial charge in [-0.2, -0.15) is 0 Å². The fourth-order valence-corrected chi connectivity index (χ4v) is 4.69. The highest BCUT2D eigenvalue weighted by Crippen LogP contribution is 2.53. The second kappa shape index (κ2) is 8.10. The zero-order valence-electron chi connectivity index (χ0n) is 18.1. The molecule has 1 aliphatic heterocycles. The van der Waals surface area contributed by atoms with Gasteiger partial charge in [-0.05, 0) is 55.2 Å². The molecule has 0 bridgehead atoms. The van der Waals surface area contributed by atoms with Gasteiger partial charge in [-0.25, -0.2) is 4.39 Å². The van der Waals surface area contributed by atoms with Crippen molar-refractivity contribution in [1.82, 2.24) is 15.3 Å². The first kappa shape index (κ1) is 22.9. The minimum absolute atomic E-state index is 0.133. The fourth-order valence-electron chi connectivity index (χ4n) is 4.69. The number of nitrogens with zero attached hydrogens (tertiary/aromatic N) is 1. The SMILES string of the molecule is O=C(NC1(c2ccc(OC(F)(F)F)c(F)c2)CC2(CCC2)Oc2cccnc21)c1ccc(=O)[nH]c1. The van der Waals surface area contributed by atoms with Crippen LogP contribution in [0.5, 0.6) is 11.5 Å². The highest BCUT2D eigenvalue weighted by molar-refractivity contribution is 5.94. The highest BCUT2D eigenvalue weighted by Gasteiger charge is 2.55. The van der Waals surface area contributed by atoms with Crippen molar-refractivity contribution in [2.45, 2.75) is 43.2 Å². The topological polar surface area (TPSA) is 93.3 Å². The molecule has 2 aliphatic rings. The number of fused-ring (bicyclic) bond motifs is 1. The van der Waals surface area contributed by atoms with Crippen molar-refractivity contribution in [2.24, 2.45) is 0 Å². The van der Waals surface area contributed by atoms with Gasteiger partial charge in [0.1, 0.15) is 22.6 Å². The number of H-pyrrole nitrogens is 1. The molecule has 1 amide bonds. The lowest BCUT2D eigenvalue weighted by molar-refractivity contribution is -0.275. The molecule has 7 nitrogen and oxygen atoms in total. The van der Waals surface area contributed by atoms with Crippen LogP contribution in [0.3, 0.4) is 0 Å². The summed E-state index contributed by atoms with van der Waals surface area (Å²) in [4.78, 5) is 31.6. The Hall–Kier alpha value is -3.89. The number of benzene rings is 1. The number of carbonyl (C=O) groups is 1. The maximum absolute atomic E-state index is 14.8. The number of halogens is 4. The van der Waals surface area contributed by atoms with E-state index in [1.54, 1.807) is 12.1 Å². The zero-order chi connectivity index (χ0) is 24.8. The predicted octanol–water partition coefficient (Wildman–Crippen LogP) is 4.19. The Balaban J connectivity index is 1.65. The average Bonchev–Trinajstić information content (AvgIpc) is 2.78. The number of aromatic nitrogens is 2. The molecule has 3 heterocycles. The van der Waals surface area contributed by atoms with Crippen LogP contribution in [0.2, 0.25) is 0 Å². The molecular formula is C24H19F4N3O4. The maximum atomic E-state index is 14.8. The molecule has 1 aliphatic carbocycles. The average molecular weight is 489 g/mol. The summed E-state index contributed by atoms with van der Waals surface area (Å²) in [5, 5.41) is 2.93. The molecule has 1 atom stereocenters. The summed E-state index contributed by atoms with van der Waals surface area (Å²) in [7, 11) is 0. The summed E-state index contributed by atoms with van der Waals surface area (Å²) >= 11 is 0. The lowest BCUT2D eigenvalue weighted by atomic mass is 9.66. The van der Waals surface area contributed by atoms with Crippen LogP contribution in [-0.2, 0) is 5.54 Å². The molecule has 2 aromatic heterocycles. The minimum atomic E-state index is -5.07. The third-order valence-corrected chi connectivity index (χ3v) is 6.38. The molecule has 5 rings (SSSR count). The molecule has 0 radical (unpaired) electrons. The molecule has 2 N–H and O–H groups in total. The number of hydrogen-bond donors (Lipinski definition) is 2. The van der Waals surface area contributed by atoms with Crippen molar-refractivity contribution in [2.75, 3.05) is 0 Å². The van der Waals surface area contributed by atoms with Crippen LogP contribution in [0.4, 0.5) is 17.6 Å². The number of amides is 1. The molecule has 182 valence electrons. The molecule has 0 saturated heterocycles. The van der Waals surface area contributed by atoms with Crippen molar-refractivity contribution in [3.8, 4) is 11.5 Å². The molecule has 3 aromatic rings. The van der Waals surface area contributed by atoms with Crippen molar-refractivity contribution >= 4 is 5.91 Å².